The van der Waals surface area contributed by atoms with Gasteiger partial charge in [0.25, 0.3) is 5.91 Å². The predicted molar refractivity (Wildman–Crippen MR) is 82.8 cm³/mol. The molecule has 1 heterocycles. The topological polar surface area (TPSA) is 71.1 Å². The van der Waals surface area contributed by atoms with Gasteiger partial charge in [-0.05, 0) is 25.1 Å². The molecule has 2 rings (SSSR count). The molecule has 1 aromatic rings. The molecule has 1 atom stereocenters. The van der Waals surface area contributed by atoms with Gasteiger partial charge in [0.2, 0.25) is 0 Å². The van der Waals surface area contributed by atoms with Gasteiger partial charge in [-0.15, -0.1) is 0 Å². The molecule has 0 aliphatic carbocycles. The molecule has 5 nitrogen and oxygen atoms in total. The van der Waals surface area contributed by atoms with E-state index in [1.54, 1.807) is 11.0 Å². The van der Waals surface area contributed by atoms with E-state index in [0.717, 1.165) is 6.07 Å². The quantitative estimate of drug-likeness (QED) is 0.800. The summed E-state index contributed by atoms with van der Waals surface area (Å²) in [5.74, 6) is -1.02. The van der Waals surface area contributed by atoms with Gasteiger partial charge in [-0.1, -0.05) is 6.08 Å². The Labute approximate surface area is 134 Å². The SMILES string of the molecule is C[C@@H]1CN(C/C=C/C#N)CCN1C(=O)c1ccc(C#N)cc1F. The first-order valence-corrected chi connectivity index (χ1v) is 7.34. The monoisotopic (exact) mass is 312 g/mol. The summed E-state index contributed by atoms with van der Waals surface area (Å²) in [6.07, 6.45) is 3.22. The van der Waals surface area contributed by atoms with Crippen LogP contribution in [0.2, 0.25) is 0 Å². The molecule has 1 aliphatic rings. The van der Waals surface area contributed by atoms with Crippen molar-refractivity contribution in [3.05, 3.63) is 47.3 Å². The van der Waals surface area contributed by atoms with Crippen LogP contribution in [0.3, 0.4) is 0 Å². The summed E-state index contributed by atoms with van der Waals surface area (Å²) >= 11 is 0. The van der Waals surface area contributed by atoms with E-state index in [1.807, 2.05) is 19.1 Å². The summed E-state index contributed by atoms with van der Waals surface area (Å²) in [7, 11) is 0. The van der Waals surface area contributed by atoms with Crippen molar-refractivity contribution in [2.24, 2.45) is 0 Å². The fourth-order valence-electron chi connectivity index (χ4n) is 2.67. The number of allylic oxidation sites excluding steroid dienone is 1. The number of hydrogen-bond acceptors (Lipinski definition) is 4. The first kappa shape index (κ1) is 16.7. The molecule has 0 bridgehead atoms. The zero-order valence-electron chi connectivity index (χ0n) is 12.9. The van der Waals surface area contributed by atoms with E-state index in [1.165, 1.54) is 18.2 Å². The van der Waals surface area contributed by atoms with Crippen LogP contribution in [0.5, 0.6) is 0 Å². The Morgan fingerprint density at radius 1 is 1.43 bits per heavy atom. The van der Waals surface area contributed by atoms with Crippen molar-refractivity contribution >= 4 is 5.91 Å². The summed E-state index contributed by atoms with van der Waals surface area (Å²) < 4.78 is 14.0. The van der Waals surface area contributed by atoms with Crippen LogP contribution < -0.4 is 0 Å². The molecule has 1 aromatic carbocycles. The van der Waals surface area contributed by atoms with Crippen LogP contribution in [0.25, 0.3) is 0 Å². The number of rotatable bonds is 3. The number of piperazine rings is 1. The summed E-state index contributed by atoms with van der Waals surface area (Å²) in [6, 6.07) is 7.64. The van der Waals surface area contributed by atoms with E-state index in [9.17, 15) is 9.18 Å². The number of carbonyl (C=O) groups excluding carboxylic acids is 1. The van der Waals surface area contributed by atoms with Crippen molar-refractivity contribution in [1.82, 2.24) is 9.80 Å². The normalized spacial score (nSPS) is 18.6. The van der Waals surface area contributed by atoms with Gasteiger partial charge in [0.1, 0.15) is 5.82 Å². The third-order valence-corrected chi connectivity index (χ3v) is 3.86. The zero-order chi connectivity index (χ0) is 16.8. The van der Waals surface area contributed by atoms with Gasteiger partial charge in [-0.25, -0.2) is 4.39 Å². The number of nitrogens with zero attached hydrogens (tertiary/aromatic N) is 4. The molecule has 6 heteroatoms. The van der Waals surface area contributed by atoms with Crippen molar-refractivity contribution in [1.29, 1.82) is 10.5 Å². The van der Waals surface area contributed by atoms with Gasteiger partial charge < -0.3 is 4.90 Å². The smallest absolute Gasteiger partial charge is 0.257 e. The minimum Gasteiger partial charge on any atom is -0.333 e. The highest BCUT2D eigenvalue weighted by Crippen LogP contribution is 2.17. The second kappa shape index (κ2) is 7.53. The van der Waals surface area contributed by atoms with E-state index in [4.69, 9.17) is 10.5 Å². The minimum absolute atomic E-state index is 0.00586. The molecular formula is C17H17FN4O. The fraction of sp³-hybridized carbons (Fsp3) is 0.353. The van der Waals surface area contributed by atoms with Gasteiger partial charge in [-0.3, -0.25) is 9.69 Å². The zero-order valence-corrected chi connectivity index (χ0v) is 12.9. The van der Waals surface area contributed by atoms with Crippen LogP contribution in [-0.2, 0) is 0 Å². The molecule has 0 saturated carbocycles. The van der Waals surface area contributed by atoms with Crippen LogP contribution in [0.4, 0.5) is 4.39 Å². The first-order valence-electron chi connectivity index (χ1n) is 7.34. The number of nitriles is 2. The summed E-state index contributed by atoms with van der Waals surface area (Å²) in [6.45, 7) is 4.41. The maximum absolute atomic E-state index is 14.0. The molecule has 1 aliphatic heterocycles. The molecule has 0 N–H and O–H groups in total. The van der Waals surface area contributed by atoms with E-state index in [0.29, 0.717) is 26.2 Å². The lowest BCUT2D eigenvalue weighted by Gasteiger charge is -2.39. The lowest BCUT2D eigenvalue weighted by molar-refractivity contribution is 0.0506. The van der Waals surface area contributed by atoms with E-state index in [2.05, 4.69) is 4.90 Å². The lowest BCUT2D eigenvalue weighted by Crippen LogP contribution is -2.54. The second-order valence-corrected chi connectivity index (χ2v) is 5.45. The van der Waals surface area contributed by atoms with Crippen LogP contribution in [0, 0.1) is 28.5 Å². The highest BCUT2D eigenvalue weighted by molar-refractivity contribution is 5.95. The maximum atomic E-state index is 14.0. The Balaban J connectivity index is 2.06. The molecular weight excluding hydrogens is 295 g/mol. The molecule has 0 unspecified atom stereocenters. The van der Waals surface area contributed by atoms with Crippen molar-refractivity contribution in [3.63, 3.8) is 0 Å². The highest BCUT2D eigenvalue weighted by Gasteiger charge is 2.29. The van der Waals surface area contributed by atoms with Crippen LogP contribution in [0.1, 0.15) is 22.8 Å². The van der Waals surface area contributed by atoms with E-state index < -0.39 is 5.82 Å². The summed E-state index contributed by atoms with van der Waals surface area (Å²) in [4.78, 5) is 16.3. The van der Waals surface area contributed by atoms with Crippen molar-refractivity contribution < 1.29 is 9.18 Å². The molecule has 118 valence electrons. The molecule has 1 amide bonds. The summed E-state index contributed by atoms with van der Waals surface area (Å²) in [5, 5.41) is 17.2. The molecule has 1 saturated heterocycles. The van der Waals surface area contributed by atoms with Crippen molar-refractivity contribution in [2.45, 2.75) is 13.0 Å². The number of benzene rings is 1. The Hall–Kier alpha value is -2.70. The van der Waals surface area contributed by atoms with Crippen LogP contribution in [0.15, 0.2) is 30.4 Å². The molecule has 0 spiro atoms. The second-order valence-electron chi connectivity index (χ2n) is 5.45. The third kappa shape index (κ3) is 3.94. The Kier molecular flexibility index (Phi) is 5.46. The lowest BCUT2D eigenvalue weighted by atomic mass is 10.1. The standard InChI is InChI=1S/C17H17FN4O/c1-13-12-21(7-3-2-6-19)8-9-22(13)17(23)15-5-4-14(11-20)10-16(15)18/h2-5,10,13H,7-9,12H2,1H3/b3-2+/t13-/m1/s1. The molecule has 0 radical (unpaired) electrons. The Bertz CT molecular complexity index is 702. The predicted octanol–water partition coefficient (Wildman–Crippen LogP) is 1.92. The highest BCUT2D eigenvalue weighted by atomic mass is 19.1. The Morgan fingerprint density at radius 3 is 2.83 bits per heavy atom. The molecule has 1 fully saturated rings. The maximum Gasteiger partial charge on any atom is 0.257 e. The number of amides is 1. The van der Waals surface area contributed by atoms with Crippen molar-refractivity contribution in [3.8, 4) is 12.1 Å². The molecule has 23 heavy (non-hydrogen) atoms. The van der Waals surface area contributed by atoms with Crippen LogP contribution >= 0.6 is 0 Å². The third-order valence-electron chi connectivity index (χ3n) is 3.86. The Morgan fingerprint density at radius 2 is 2.22 bits per heavy atom. The number of hydrogen-bond donors (Lipinski definition) is 0. The average Bonchev–Trinajstić information content (AvgIpc) is 2.54. The van der Waals surface area contributed by atoms with Gasteiger partial charge >= 0.3 is 0 Å². The molecule has 0 aromatic heterocycles. The number of halogens is 1. The van der Waals surface area contributed by atoms with Gasteiger partial charge in [0.15, 0.2) is 0 Å². The largest absolute Gasteiger partial charge is 0.333 e. The van der Waals surface area contributed by atoms with E-state index >= 15 is 0 Å². The van der Waals surface area contributed by atoms with Crippen LogP contribution in [-0.4, -0.2) is 47.9 Å². The van der Waals surface area contributed by atoms with Gasteiger partial charge in [0, 0.05) is 38.3 Å². The minimum atomic E-state index is -0.666. The van der Waals surface area contributed by atoms with Crippen molar-refractivity contribution in [2.75, 3.05) is 26.2 Å². The van der Waals surface area contributed by atoms with E-state index in [-0.39, 0.29) is 23.1 Å². The van der Waals surface area contributed by atoms with Gasteiger partial charge in [0.05, 0.1) is 23.3 Å². The average molecular weight is 312 g/mol. The summed E-state index contributed by atoms with van der Waals surface area (Å²) in [5.41, 5.74) is 0.190. The number of carbonyl (C=O) groups is 1. The fourth-order valence-corrected chi connectivity index (χ4v) is 2.67. The van der Waals surface area contributed by atoms with Gasteiger partial charge in [-0.2, -0.15) is 10.5 Å². The first-order chi connectivity index (χ1) is 11.1.